The number of aromatic nitrogens is 1. The van der Waals surface area contributed by atoms with Crippen LogP contribution in [0.1, 0.15) is 30.7 Å². The summed E-state index contributed by atoms with van der Waals surface area (Å²) < 4.78 is 36.7. The molecule has 0 spiro atoms. The molecule has 1 aromatic carbocycles. The lowest BCUT2D eigenvalue weighted by atomic mass is 10.1. The molecular weight excluding hydrogens is 351 g/mol. The molecule has 2 aromatic rings. The van der Waals surface area contributed by atoms with Crippen LogP contribution in [0.3, 0.4) is 0 Å². The molecule has 0 aliphatic carbocycles. The van der Waals surface area contributed by atoms with Gasteiger partial charge in [0.25, 0.3) is 0 Å². The number of anilines is 1. The predicted molar refractivity (Wildman–Crippen MR) is 93.5 cm³/mol. The molecule has 8 heteroatoms. The van der Waals surface area contributed by atoms with E-state index in [1.165, 1.54) is 30.4 Å². The number of halogens is 1. The van der Waals surface area contributed by atoms with E-state index in [0.29, 0.717) is 18.0 Å². The van der Waals surface area contributed by atoms with Gasteiger partial charge in [-0.2, -0.15) is 0 Å². The molecule has 0 fully saturated rings. The second kappa shape index (κ2) is 7.85. The maximum atomic E-state index is 12.9. The Balaban J connectivity index is 2.00. The average molecular weight is 370 g/mol. The van der Waals surface area contributed by atoms with Crippen molar-refractivity contribution in [3.8, 4) is 0 Å². The van der Waals surface area contributed by atoms with Crippen molar-refractivity contribution in [1.29, 1.82) is 0 Å². The second-order valence-corrected chi connectivity index (χ2v) is 8.99. The van der Waals surface area contributed by atoms with Crippen molar-refractivity contribution in [1.82, 2.24) is 4.98 Å². The summed E-state index contributed by atoms with van der Waals surface area (Å²) in [5.74, 6) is -0.889. The molecule has 1 atom stereocenters. The molecule has 24 heavy (non-hydrogen) atoms. The fraction of sp³-hybridized carbons (Fsp3) is 0.375. The first-order chi connectivity index (χ1) is 11.3. The van der Waals surface area contributed by atoms with Crippen molar-refractivity contribution in [2.45, 2.75) is 31.9 Å². The van der Waals surface area contributed by atoms with Crippen LogP contribution in [0.4, 0.5) is 9.52 Å². The summed E-state index contributed by atoms with van der Waals surface area (Å²) in [7, 11) is -3.45. The molecule has 0 saturated carbocycles. The van der Waals surface area contributed by atoms with Gasteiger partial charge in [-0.3, -0.25) is 4.79 Å². The minimum Gasteiger partial charge on any atom is -0.301 e. The Morgan fingerprint density at radius 2 is 2.00 bits per heavy atom. The molecule has 1 heterocycles. The van der Waals surface area contributed by atoms with Gasteiger partial charge in [0.2, 0.25) is 5.91 Å². The summed E-state index contributed by atoms with van der Waals surface area (Å²) in [5.41, 5.74) is 0.928. The number of benzene rings is 1. The standard InChI is InChI=1S/C16H19FN2O3S2/c1-3-8-24(21,22)11(2)15(20)19-16-18-10-14(23-16)9-12-4-6-13(17)7-5-12/h4-7,10-11H,3,8-9H2,1-2H3,(H,18,19,20)/t11-/m1/s1. The molecule has 0 bridgehead atoms. The third-order valence-electron chi connectivity index (χ3n) is 3.47. The molecule has 2 rings (SSSR count). The second-order valence-electron chi connectivity index (χ2n) is 5.43. The number of carbonyl (C=O) groups excluding carboxylic acids is 1. The maximum Gasteiger partial charge on any atom is 0.244 e. The predicted octanol–water partition coefficient (Wildman–Crippen LogP) is 3.02. The van der Waals surface area contributed by atoms with Crippen LogP contribution < -0.4 is 5.32 Å². The van der Waals surface area contributed by atoms with Gasteiger partial charge in [0.05, 0.1) is 5.75 Å². The lowest BCUT2D eigenvalue weighted by Crippen LogP contribution is -2.33. The van der Waals surface area contributed by atoms with Crippen LogP contribution in [0.5, 0.6) is 0 Å². The summed E-state index contributed by atoms with van der Waals surface area (Å²) in [6.45, 7) is 3.14. The fourth-order valence-electron chi connectivity index (χ4n) is 2.08. The number of nitrogens with zero attached hydrogens (tertiary/aromatic N) is 1. The Kier molecular flexibility index (Phi) is 6.06. The fourth-order valence-corrected chi connectivity index (χ4v) is 4.24. The van der Waals surface area contributed by atoms with E-state index in [4.69, 9.17) is 0 Å². The number of thiazole rings is 1. The van der Waals surface area contributed by atoms with E-state index in [1.807, 2.05) is 0 Å². The highest BCUT2D eigenvalue weighted by atomic mass is 32.2. The van der Waals surface area contributed by atoms with Crippen LogP contribution in [-0.2, 0) is 21.1 Å². The van der Waals surface area contributed by atoms with E-state index in [-0.39, 0.29) is 11.6 Å². The van der Waals surface area contributed by atoms with Crippen LogP contribution in [-0.4, -0.2) is 30.3 Å². The first-order valence-corrected chi connectivity index (χ1v) is 10.1. The minimum atomic E-state index is -3.45. The van der Waals surface area contributed by atoms with Crippen molar-refractivity contribution in [3.05, 3.63) is 46.7 Å². The van der Waals surface area contributed by atoms with E-state index < -0.39 is 21.0 Å². The van der Waals surface area contributed by atoms with Gasteiger partial charge in [-0.1, -0.05) is 19.1 Å². The molecule has 1 amide bonds. The first kappa shape index (κ1) is 18.5. The SMILES string of the molecule is CCCS(=O)(=O)[C@H](C)C(=O)Nc1ncc(Cc2ccc(F)cc2)s1. The monoisotopic (exact) mass is 370 g/mol. The van der Waals surface area contributed by atoms with Gasteiger partial charge in [0, 0.05) is 17.5 Å². The third kappa shape index (κ3) is 4.85. The number of hydrogen-bond donors (Lipinski definition) is 1. The van der Waals surface area contributed by atoms with Crippen molar-refractivity contribution < 1.29 is 17.6 Å². The molecule has 0 saturated heterocycles. The number of nitrogens with one attached hydrogen (secondary N) is 1. The van der Waals surface area contributed by atoms with Gasteiger partial charge < -0.3 is 5.32 Å². The third-order valence-corrected chi connectivity index (χ3v) is 6.65. The average Bonchev–Trinajstić information content (AvgIpc) is 2.95. The smallest absolute Gasteiger partial charge is 0.244 e. The van der Waals surface area contributed by atoms with Crippen LogP contribution in [0, 0.1) is 5.82 Å². The van der Waals surface area contributed by atoms with Crippen LogP contribution >= 0.6 is 11.3 Å². The molecule has 0 radical (unpaired) electrons. The molecule has 1 aromatic heterocycles. The highest BCUT2D eigenvalue weighted by Gasteiger charge is 2.27. The normalized spacial score (nSPS) is 12.8. The van der Waals surface area contributed by atoms with E-state index in [1.54, 1.807) is 25.3 Å². The summed E-state index contributed by atoms with van der Waals surface area (Å²) in [6.07, 6.45) is 2.66. The van der Waals surface area contributed by atoms with Crippen molar-refractivity contribution in [3.63, 3.8) is 0 Å². The zero-order valence-electron chi connectivity index (χ0n) is 13.5. The van der Waals surface area contributed by atoms with E-state index in [9.17, 15) is 17.6 Å². The first-order valence-electron chi connectivity index (χ1n) is 7.53. The zero-order valence-corrected chi connectivity index (χ0v) is 15.1. The summed E-state index contributed by atoms with van der Waals surface area (Å²) in [5, 5.41) is 1.80. The van der Waals surface area contributed by atoms with E-state index in [2.05, 4.69) is 10.3 Å². The van der Waals surface area contributed by atoms with E-state index >= 15 is 0 Å². The highest BCUT2D eigenvalue weighted by molar-refractivity contribution is 7.92. The molecule has 0 aliphatic heterocycles. The molecule has 0 aliphatic rings. The Morgan fingerprint density at radius 3 is 2.62 bits per heavy atom. The van der Waals surface area contributed by atoms with Crippen LogP contribution in [0.25, 0.3) is 0 Å². The Hall–Kier alpha value is -1.80. The summed E-state index contributed by atoms with van der Waals surface area (Å²) >= 11 is 1.27. The van der Waals surface area contributed by atoms with Crippen molar-refractivity contribution in [2.24, 2.45) is 0 Å². The van der Waals surface area contributed by atoms with Gasteiger partial charge in [0.1, 0.15) is 11.1 Å². The Morgan fingerprint density at radius 1 is 1.33 bits per heavy atom. The van der Waals surface area contributed by atoms with E-state index in [0.717, 1.165) is 10.4 Å². The van der Waals surface area contributed by atoms with Gasteiger partial charge in [-0.15, -0.1) is 11.3 Å². The number of amides is 1. The van der Waals surface area contributed by atoms with Crippen LogP contribution in [0.15, 0.2) is 30.5 Å². The molecule has 1 N–H and O–H groups in total. The number of carbonyl (C=O) groups is 1. The maximum absolute atomic E-state index is 12.9. The van der Waals surface area contributed by atoms with Crippen molar-refractivity contribution >= 4 is 32.2 Å². The number of sulfone groups is 1. The van der Waals surface area contributed by atoms with Gasteiger partial charge in [0.15, 0.2) is 15.0 Å². The lowest BCUT2D eigenvalue weighted by Gasteiger charge is -2.11. The summed E-state index contributed by atoms with van der Waals surface area (Å²) in [6, 6.07) is 6.15. The highest BCUT2D eigenvalue weighted by Crippen LogP contribution is 2.22. The lowest BCUT2D eigenvalue weighted by molar-refractivity contribution is -0.115. The topological polar surface area (TPSA) is 76.1 Å². The zero-order chi connectivity index (χ0) is 17.7. The Bertz CT molecular complexity index is 801. The van der Waals surface area contributed by atoms with Crippen LogP contribution in [0.2, 0.25) is 0 Å². The van der Waals surface area contributed by atoms with Gasteiger partial charge >= 0.3 is 0 Å². The van der Waals surface area contributed by atoms with Gasteiger partial charge in [-0.25, -0.2) is 17.8 Å². The molecule has 130 valence electrons. The number of rotatable bonds is 7. The molecule has 0 unspecified atom stereocenters. The number of hydrogen-bond acceptors (Lipinski definition) is 5. The quantitative estimate of drug-likeness (QED) is 0.813. The molecule has 5 nitrogen and oxygen atoms in total. The van der Waals surface area contributed by atoms with Crippen molar-refractivity contribution in [2.75, 3.05) is 11.1 Å². The summed E-state index contributed by atoms with van der Waals surface area (Å²) in [4.78, 5) is 17.1. The Labute approximate surface area is 144 Å². The molecular formula is C16H19FN2O3S2. The van der Waals surface area contributed by atoms with Gasteiger partial charge in [-0.05, 0) is 31.0 Å². The minimum absolute atomic E-state index is 0.0186. The largest absolute Gasteiger partial charge is 0.301 e.